The van der Waals surface area contributed by atoms with Crippen molar-refractivity contribution < 1.29 is 9.53 Å². The third-order valence-corrected chi connectivity index (χ3v) is 6.12. The highest BCUT2D eigenvalue weighted by molar-refractivity contribution is 5.85. The van der Waals surface area contributed by atoms with E-state index >= 15 is 0 Å². The normalized spacial score (nSPS) is 42.2. The Hall–Kier alpha value is -0.320. The van der Waals surface area contributed by atoms with Gasteiger partial charge in [0.15, 0.2) is 0 Å². The lowest BCUT2D eigenvalue weighted by atomic mass is 9.53. The van der Waals surface area contributed by atoms with Crippen molar-refractivity contribution in [2.24, 2.45) is 17.8 Å². The fraction of sp³-hybridized carbons (Fsp3) is 0.941. The van der Waals surface area contributed by atoms with Crippen LogP contribution in [-0.2, 0) is 9.53 Å². The minimum atomic E-state index is 0. The molecule has 0 radical (unpaired) electrons. The number of hydrogen-bond donors (Lipinski definition) is 2. The van der Waals surface area contributed by atoms with Crippen molar-refractivity contribution in [2.75, 3.05) is 19.7 Å². The molecule has 0 aromatic heterocycles. The fourth-order valence-electron chi connectivity index (χ4n) is 5.76. The van der Waals surface area contributed by atoms with Crippen LogP contribution in [0, 0.1) is 17.8 Å². The van der Waals surface area contributed by atoms with Crippen LogP contribution >= 0.6 is 12.4 Å². The molecule has 2 N–H and O–H groups in total. The van der Waals surface area contributed by atoms with Crippen molar-refractivity contribution in [1.29, 1.82) is 0 Å². The number of ether oxygens (including phenoxy) is 1. The Morgan fingerprint density at radius 1 is 1.09 bits per heavy atom. The third-order valence-electron chi connectivity index (χ3n) is 6.12. The maximum Gasteiger partial charge on any atom is 0.234 e. The molecule has 1 aliphatic heterocycles. The molecular weight excluding hydrogens is 300 g/mol. The predicted octanol–water partition coefficient (Wildman–Crippen LogP) is 2.26. The van der Waals surface area contributed by atoms with E-state index in [0.29, 0.717) is 12.6 Å². The predicted molar refractivity (Wildman–Crippen MR) is 88.1 cm³/mol. The van der Waals surface area contributed by atoms with E-state index in [2.05, 4.69) is 10.6 Å². The Bertz CT molecular complexity index is 374. The lowest BCUT2D eigenvalue weighted by Gasteiger charge is -2.56. The summed E-state index contributed by atoms with van der Waals surface area (Å²) in [5.74, 6) is 2.85. The number of nitrogens with one attached hydrogen (secondary N) is 2. The van der Waals surface area contributed by atoms with E-state index in [1.807, 2.05) is 0 Å². The van der Waals surface area contributed by atoms with Gasteiger partial charge in [-0.15, -0.1) is 12.4 Å². The summed E-state index contributed by atoms with van der Waals surface area (Å²) in [6.07, 6.45) is 10.6. The lowest BCUT2D eigenvalue weighted by molar-refractivity contribution is -0.126. The molecule has 4 aliphatic carbocycles. The summed E-state index contributed by atoms with van der Waals surface area (Å²) in [5.41, 5.74) is 0.150. The smallest absolute Gasteiger partial charge is 0.234 e. The highest BCUT2D eigenvalue weighted by Gasteiger charge is 2.51. The number of carbonyl (C=O) groups is 1. The van der Waals surface area contributed by atoms with Gasteiger partial charge in [-0.3, -0.25) is 4.79 Å². The molecule has 126 valence electrons. The highest BCUT2D eigenvalue weighted by atomic mass is 35.5. The molecular formula is C17H29ClN2O2. The average molecular weight is 329 g/mol. The van der Waals surface area contributed by atoms with Crippen molar-refractivity contribution in [3.63, 3.8) is 0 Å². The summed E-state index contributed by atoms with van der Waals surface area (Å²) in [6, 6.07) is 0. The summed E-state index contributed by atoms with van der Waals surface area (Å²) in [4.78, 5) is 12.3. The van der Waals surface area contributed by atoms with Gasteiger partial charge in [0.2, 0.25) is 5.91 Å². The monoisotopic (exact) mass is 328 g/mol. The first-order valence-corrected chi connectivity index (χ1v) is 8.84. The van der Waals surface area contributed by atoms with Gasteiger partial charge in [-0.25, -0.2) is 0 Å². The van der Waals surface area contributed by atoms with Gasteiger partial charge < -0.3 is 15.4 Å². The lowest BCUT2D eigenvalue weighted by Crippen LogP contribution is -2.60. The minimum absolute atomic E-state index is 0. The Labute approximate surface area is 139 Å². The van der Waals surface area contributed by atoms with Gasteiger partial charge in [-0.05, 0) is 69.1 Å². The summed E-state index contributed by atoms with van der Waals surface area (Å²) in [7, 11) is 0. The molecule has 22 heavy (non-hydrogen) atoms. The molecule has 5 fully saturated rings. The van der Waals surface area contributed by atoms with Crippen LogP contribution in [0.3, 0.4) is 0 Å². The molecule has 4 bridgehead atoms. The van der Waals surface area contributed by atoms with E-state index in [0.717, 1.165) is 43.7 Å². The molecule has 5 aliphatic rings. The first kappa shape index (κ1) is 16.5. The van der Waals surface area contributed by atoms with Crippen molar-refractivity contribution in [3.05, 3.63) is 0 Å². The van der Waals surface area contributed by atoms with E-state index in [-0.39, 0.29) is 23.9 Å². The van der Waals surface area contributed by atoms with E-state index in [1.54, 1.807) is 0 Å². The van der Waals surface area contributed by atoms with Gasteiger partial charge >= 0.3 is 0 Å². The molecule has 5 rings (SSSR count). The molecule has 4 nitrogen and oxygen atoms in total. The van der Waals surface area contributed by atoms with Gasteiger partial charge in [-0.1, -0.05) is 0 Å². The highest BCUT2D eigenvalue weighted by Crippen LogP contribution is 2.55. The summed E-state index contributed by atoms with van der Waals surface area (Å²) < 4.78 is 5.57. The van der Waals surface area contributed by atoms with Crippen molar-refractivity contribution in [1.82, 2.24) is 10.6 Å². The number of carbonyl (C=O) groups excluding carboxylic acids is 1. The Morgan fingerprint density at radius 2 is 1.73 bits per heavy atom. The van der Waals surface area contributed by atoms with E-state index in [4.69, 9.17) is 4.74 Å². The van der Waals surface area contributed by atoms with Crippen molar-refractivity contribution >= 4 is 18.3 Å². The first-order valence-electron chi connectivity index (χ1n) is 8.84. The minimum Gasteiger partial charge on any atom is -0.377 e. The summed E-state index contributed by atoms with van der Waals surface area (Å²) in [6.45, 7) is 2.14. The average Bonchev–Trinajstić information content (AvgIpc) is 2.89. The second kappa shape index (κ2) is 6.66. The molecule has 1 amide bonds. The van der Waals surface area contributed by atoms with Crippen LogP contribution in [0.5, 0.6) is 0 Å². The van der Waals surface area contributed by atoms with E-state index < -0.39 is 0 Å². The van der Waals surface area contributed by atoms with Crippen LogP contribution < -0.4 is 10.6 Å². The molecule has 1 atom stereocenters. The molecule has 1 unspecified atom stereocenters. The first-order chi connectivity index (χ1) is 10.2. The second-order valence-corrected chi connectivity index (χ2v) is 8.01. The van der Waals surface area contributed by atoms with Gasteiger partial charge in [0.1, 0.15) is 0 Å². The zero-order valence-electron chi connectivity index (χ0n) is 13.3. The largest absolute Gasteiger partial charge is 0.377 e. The SMILES string of the molecule is Cl.O=C(CNCC1CCCO1)NC12CC3CC(CC(C3)C1)C2. The zero-order valence-corrected chi connectivity index (χ0v) is 14.1. The molecule has 4 saturated carbocycles. The Kier molecular flexibility index (Phi) is 5.01. The van der Waals surface area contributed by atoms with Gasteiger partial charge in [0.25, 0.3) is 0 Å². The number of halogens is 1. The molecule has 0 aromatic carbocycles. The second-order valence-electron chi connectivity index (χ2n) is 8.01. The topological polar surface area (TPSA) is 50.4 Å². The van der Waals surface area contributed by atoms with Crippen LogP contribution in [0.2, 0.25) is 0 Å². The number of hydrogen-bond acceptors (Lipinski definition) is 3. The molecule has 1 heterocycles. The third kappa shape index (κ3) is 3.44. The number of rotatable bonds is 5. The van der Waals surface area contributed by atoms with E-state index in [9.17, 15) is 4.79 Å². The Balaban J connectivity index is 0.00000144. The maximum absolute atomic E-state index is 12.3. The molecule has 0 aromatic rings. The van der Waals surface area contributed by atoms with Gasteiger partial charge in [0, 0.05) is 18.7 Å². The van der Waals surface area contributed by atoms with Crippen LogP contribution in [0.25, 0.3) is 0 Å². The van der Waals surface area contributed by atoms with Crippen LogP contribution in [-0.4, -0.2) is 37.2 Å². The summed E-state index contributed by atoms with van der Waals surface area (Å²) >= 11 is 0. The quantitative estimate of drug-likeness (QED) is 0.814. The fourth-order valence-corrected chi connectivity index (χ4v) is 5.76. The van der Waals surface area contributed by atoms with Gasteiger partial charge in [-0.2, -0.15) is 0 Å². The molecule has 5 heteroatoms. The molecule has 1 saturated heterocycles. The Morgan fingerprint density at radius 3 is 2.27 bits per heavy atom. The number of amides is 1. The van der Waals surface area contributed by atoms with Crippen LogP contribution in [0.15, 0.2) is 0 Å². The molecule has 0 spiro atoms. The maximum atomic E-state index is 12.3. The standard InChI is InChI=1S/C17H28N2O2.ClH/c20-16(11-18-10-15-2-1-3-21-15)19-17-7-12-4-13(8-17)6-14(5-12)9-17;/h12-15,18H,1-11H2,(H,19,20);1H. The van der Waals surface area contributed by atoms with Crippen LogP contribution in [0.1, 0.15) is 51.4 Å². The zero-order chi connectivity index (χ0) is 14.3. The van der Waals surface area contributed by atoms with Crippen molar-refractivity contribution in [2.45, 2.75) is 63.0 Å². The van der Waals surface area contributed by atoms with E-state index in [1.165, 1.54) is 38.5 Å². The van der Waals surface area contributed by atoms with Gasteiger partial charge in [0.05, 0.1) is 12.6 Å². The van der Waals surface area contributed by atoms with Crippen LogP contribution in [0.4, 0.5) is 0 Å². The summed E-state index contributed by atoms with van der Waals surface area (Å²) in [5, 5.41) is 6.68. The van der Waals surface area contributed by atoms with Crippen molar-refractivity contribution in [3.8, 4) is 0 Å².